The fourth-order valence-corrected chi connectivity index (χ4v) is 4.43. The van der Waals surface area contributed by atoms with Crippen LogP contribution in [0.5, 0.6) is 0 Å². The van der Waals surface area contributed by atoms with Gasteiger partial charge in [0, 0.05) is 31.1 Å². The second-order valence-electron chi connectivity index (χ2n) is 7.25. The van der Waals surface area contributed by atoms with Gasteiger partial charge < -0.3 is 5.73 Å². The number of nitriles is 1. The minimum absolute atomic E-state index is 0.109. The van der Waals surface area contributed by atoms with E-state index in [1.807, 2.05) is 12.1 Å². The van der Waals surface area contributed by atoms with E-state index < -0.39 is 5.82 Å². The van der Waals surface area contributed by atoms with Crippen LogP contribution in [0.2, 0.25) is 0 Å². The molecule has 4 rings (SSSR count). The molecule has 1 fully saturated rings. The van der Waals surface area contributed by atoms with Gasteiger partial charge in [0.05, 0.1) is 5.56 Å². The van der Waals surface area contributed by atoms with Crippen LogP contribution in [0.1, 0.15) is 34.6 Å². The molecule has 4 heteroatoms. The number of likely N-dealkylation sites (tertiary alicyclic amines) is 1. The van der Waals surface area contributed by atoms with E-state index in [4.69, 9.17) is 11.0 Å². The summed E-state index contributed by atoms with van der Waals surface area (Å²) in [6.45, 7) is 1.98. The van der Waals surface area contributed by atoms with Gasteiger partial charge >= 0.3 is 0 Å². The lowest BCUT2D eigenvalue weighted by Gasteiger charge is -2.30. The van der Waals surface area contributed by atoms with Gasteiger partial charge in [-0.1, -0.05) is 30.3 Å². The second-order valence-corrected chi connectivity index (χ2v) is 7.25. The molecule has 0 spiro atoms. The van der Waals surface area contributed by atoms with Crippen LogP contribution in [0.4, 0.5) is 4.39 Å². The van der Waals surface area contributed by atoms with Crippen LogP contribution in [0.25, 0.3) is 0 Å². The fraction of sp³-hybridized carbons (Fsp3) is 0.381. The smallest absolute Gasteiger partial charge is 0.141 e. The number of nitrogens with zero attached hydrogens (tertiary/aromatic N) is 2. The van der Waals surface area contributed by atoms with E-state index >= 15 is 0 Å². The fourth-order valence-electron chi connectivity index (χ4n) is 4.43. The third-order valence-corrected chi connectivity index (χ3v) is 5.68. The molecule has 2 aromatic carbocycles. The highest BCUT2D eigenvalue weighted by atomic mass is 19.1. The monoisotopic (exact) mass is 335 g/mol. The molecule has 2 aromatic rings. The number of fused-ring (bicyclic) bond motifs is 1. The molecule has 1 heterocycles. The first-order valence-electron chi connectivity index (χ1n) is 8.91. The van der Waals surface area contributed by atoms with Crippen LogP contribution < -0.4 is 5.73 Å². The molecule has 0 saturated carbocycles. The van der Waals surface area contributed by atoms with Crippen LogP contribution >= 0.6 is 0 Å². The number of nitrogens with two attached hydrogens (primary N) is 1. The van der Waals surface area contributed by atoms with Crippen LogP contribution in [0.15, 0.2) is 42.5 Å². The van der Waals surface area contributed by atoms with Crippen molar-refractivity contribution in [3.63, 3.8) is 0 Å². The van der Waals surface area contributed by atoms with E-state index in [1.165, 1.54) is 17.2 Å². The molecule has 0 radical (unpaired) electrons. The number of hydrogen-bond acceptors (Lipinski definition) is 3. The first kappa shape index (κ1) is 16.3. The first-order valence-corrected chi connectivity index (χ1v) is 8.91. The molecular formula is C21H22FN3. The maximum atomic E-state index is 14.0. The van der Waals surface area contributed by atoms with Gasteiger partial charge in [0.1, 0.15) is 11.9 Å². The highest BCUT2D eigenvalue weighted by molar-refractivity contribution is 5.40. The maximum absolute atomic E-state index is 14.0. The lowest BCUT2D eigenvalue weighted by molar-refractivity contribution is 0.217. The lowest BCUT2D eigenvalue weighted by Crippen LogP contribution is -2.39. The Kier molecular flexibility index (Phi) is 4.29. The average Bonchev–Trinajstić information content (AvgIpc) is 3.19. The van der Waals surface area contributed by atoms with Crippen LogP contribution in [0.3, 0.4) is 0 Å². The van der Waals surface area contributed by atoms with Crippen molar-refractivity contribution >= 4 is 0 Å². The van der Waals surface area contributed by atoms with Crippen LogP contribution in [-0.2, 0) is 12.8 Å². The summed E-state index contributed by atoms with van der Waals surface area (Å²) in [6.07, 6.45) is 2.87. The van der Waals surface area contributed by atoms with Crippen molar-refractivity contribution in [2.75, 3.05) is 13.1 Å². The molecule has 0 bridgehead atoms. The lowest BCUT2D eigenvalue weighted by atomic mass is 9.90. The summed E-state index contributed by atoms with van der Waals surface area (Å²) in [4.78, 5) is 2.51. The van der Waals surface area contributed by atoms with E-state index in [0.717, 1.165) is 37.9 Å². The zero-order valence-electron chi connectivity index (χ0n) is 14.2. The summed E-state index contributed by atoms with van der Waals surface area (Å²) >= 11 is 0. The zero-order valence-corrected chi connectivity index (χ0v) is 14.2. The molecule has 0 unspecified atom stereocenters. The third kappa shape index (κ3) is 3.06. The minimum atomic E-state index is -0.425. The van der Waals surface area contributed by atoms with Crippen molar-refractivity contribution in [2.45, 2.75) is 37.3 Å². The van der Waals surface area contributed by atoms with Gasteiger partial charge in [-0.3, -0.25) is 4.90 Å². The Morgan fingerprint density at radius 2 is 2.08 bits per heavy atom. The number of rotatable bonds is 3. The van der Waals surface area contributed by atoms with Gasteiger partial charge in [0.2, 0.25) is 0 Å². The van der Waals surface area contributed by atoms with E-state index in [0.29, 0.717) is 12.0 Å². The first-order chi connectivity index (χ1) is 12.2. The van der Waals surface area contributed by atoms with Crippen molar-refractivity contribution in [1.82, 2.24) is 4.90 Å². The highest BCUT2D eigenvalue weighted by Gasteiger charge is 2.38. The molecule has 1 aliphatic heterocycles. The standard InChI is InChI=1S/C21H22FN3/c22-20-10-14(5-6-16(20)12-23)9-19-18-4-2-1-3-15(18)11-21(19)25-8-7-17(24)13-25/h1-6,10,17,19,21H,7-9,11,13,24H2/t17-,19+,21+/m0/s1. The SMILES string of the molecule is N#Cc1ccc(C[C@@H]2c3ccccc3C[C@H]2N2CC[C@H](N)C2)cc1F. The van der Waals surface area contributed by atoms with Crippen molar-refractivity contribution in [2.24, 2.45) is 5.73 Å². The molecule has 2 aliphatic rings. The van der Waals surface area contributed by atoms with Crippen molar-refractivity contribution in [3.05, 3.63) is 70.5 Å². The molecule has 25 heavy (non-hydrogen) atoms. The molecule has 128 valence electrons. The van der Waals surface area contributed by atoms with E-state index in [-0.39, 0.29) is 11.6 Å². The second kappa shape index (κ2) is 6.59. The Morgan fingerprint density at radius 3 is 2.80 bits per heavy atom. The third-order valence-electron chi connectivity index (χ3n) is 5.68. The van der Waals surface area contributed by atoms with Gasteiger partial charge in [0.15, 0.2) is 0 Å². The summed E-state index contributed by atoms with van der Waals surface area (Å²) in [7, 11) is 0. The molecule has 3 atom stereocenters. The number of hydrogen-bond donors (Lipinski definition) is 1. The Balaban J connectivity index is 1.64. The Hall–Kier alpha value is -2.22. The summed E-state index contributed by atoms with van der Waals surface area (Å²) in [5, 5.41) is 8.93. The molecule has 2 N–H and O–H groups in total. The number of halogens is 1. The van der Waals surface area contributed by atoms with Gasteiger partial charge in [-0.2, -0.15) is 5.26 Å². The normalized spacial score (nSPS) is 25.7. The molecule has 0 amide bonds. The summed E-state index contributed by atoms with van der Waals surface area (Å²) in [6, 6.07) is 16.2. The quantitative estimate of drug-likeness (QED) is 0.938. The Bertz CT molecular complexity index is 826. The summed E-state index contributed by atoms with van der Waals surface area (Å²) in [5.74, 6) is -0.0835. The van der Waals surface area contributed by atoms with Gasteiger partial charge in [-0.15, -0.1) is 0 Å². The van der Waals surface area contributed by atoms with Crippen molar-refractivity contribution < 1.29 is 4.39 Å². The van der Waals surface area contributed by atoms with Gasteiger partial charge in [0.25, 0.3) is 0 Å². The average molecular weight is 335 g/mol. The molecule has 0 aromatic heterocycles. The van der Waals surface area contributed by atoms with E-state index in [9.17, 15) is 4.39 Å². The largest absolute Gasteiger partial charge is 0.326 e. The van der Waals surface area contributed by atoms with Crippen molar-refractivity contribution in [3.8, 4) is 6.07 Å². The van der Waals surface area contributed by atoms with Crippen LogP contribution in [0, 0.1) is 17.1 Å². The van der Waals surface area contributed by atoms with E-state index in [1.54, 1.807) is 6.07 Å². The summed E-state index contributed by atoms with van der Waals surface area (Å²) in [5.41, 5.74) is 9.95. The minimum Gasteiger partial charge on any atom is -0.326 e. The summed E-state index contributed by atoms with van der Waals surface area (Å²) < 4.78 is 14.0. The molecule has 1 aliphatic carbocycles. The Morgan fingerprint density at radius 1 is 1.24 bits per heavy atom. The predicted octanol–water partition coefficient (Wildman–Crippen LogP) is 2.98. The predicted molar refractivity (Wildman–Crippen MR) is 95.7 cm³/mol. The molecule has 3 nitrogen and oxygen atoms in total. The van der Waals surface area contributed by atoms with Gasteiger partial charge in [-0.25, -0.2) is 4.39 Å². The zero-order chi connectivity index (χ0) is 17.4. The molecular weight excluding hydrogens is 313 g/mol. The number of benzene rings is 2. The van der Waals surface area contributed by atoms with Gasteiger partial charge in [-0.05, 0) is 48.1 Å². The maximum Gasteiger partial charge on any atom is 0.141 e. The Labute approximate surface area is 147 Å². The molecule has 1 saturated heterocycles. The highest BCUT2D eigenvalue weighted by Crippen LogP contribution is 2.39. The van der Waals surface area contributed by atoms with Crippen LogP contribution in [-0.4, -0.2) is 30.1 Å². The van der Waals surface area contributed by atoms with Crippen molar-refractivity contribution in [1.29, 1.82) is 5.26 Å². The topological polar surface area (TPSA) is 53.0 Å². The van der Waals surface area contributed by atoms with E-state index in [2.05, 4.69) is 29.2 Å².